The zero-order valence-corrected chi connectivity index (χ0v) is 15.1. The van der Waals surface area contributed by atoms with Crippen molar-refractivity contribution in [3.05, 3.63) is 77.6 Å². The van der Waals surface area contributed by atoms with E-state index in [4.69, 9.17) is 0 Å². The normalized spacial score (nSPS) is 11.0. The highest BCUT2D eigenvalue weighted by atomic mass is 32.1. The number of nitrogens with zero attached hydrogens (tertiary/aromatic N) is 2. The summed E-state index contributed by atoms with van der Waals surface area (Å²) in [5.74, 6) is 0.898. The molecule has 0 fully saturated rings. The third-order valence-electron chi connectivity index (χ3n) is 4.19. The number of hydrogen-bond donors (Lipinski definition) is 1. The van der Waals surface area contributed by atoms with Gasteiger partial charge < -0.3 is 5.32 Å². The lowest BCUT2D eigenvalue weighted by Gasteiger charge is -2.06. The van der Waals surface area contributed by atoms with Crippen molar-refractivity contribution in [2.45, 2.75) is 20.4 Å². The lowest BCUT2D eigenvalue weighted by Crippen LogP contribution is -2.01. The standard InChI is InChI=1S/C21H19N3S/c1-14-6-8-16(9-7-14)12-22-21-20-18(23-13-24-21)11-19(25-20)17-5-3-4-15(2)10-17/h3-11,13H,12H2,1-2H3,(H,22,23,24). The van der Waals surface area contributed by atoms with Crippen molar-refractivity contribution in [1.29, 1.82) is 0 Å². The largest absolute Gasteiger partial charge is 0.365 e. The molecular formula is C21H19N3S. The zero-order valence-electron chi connectivity index (χ0n) is 14.3. The van der Waals surface area contributed by atoms with Crippen LogP contribution < -0.4 is 5.32 Å². The van der Waals surface area contributed by atoms with E-state index in [0.29, 0.717) is 0 Å². The molecule has 0 bridgehead atoms. The number of fused-ring (bicyclic) bond motifs is 1. The molecule has 25 heavy (non-hydrogen) atoms. The van der Waals surface area contributed by atoms with Crippen LogP contribution in [0.2, 0.25) is 0 Å². The van der Waals surface area contributed by atoms with Gasteiger partial charge in [-0.2, -0.15) is 0 Å². The first-order valence-corrected chi connectivity index (χ1v) is 9.12. The summed E-state index contributed by atoms with van der Waals surface area (Å²) < 4.78 is 1.10. The SMILES string of the molecule is Cc1ccc(CNc2ncnc3cc(-c4cccc(C)c4)sc23)cc1. The van der Waals surface area contributed by atoms with Crippen LogP contribution in [0.5, 0.6) is 0 Å². The van der Waals surface area contributed by atoms with Crippen LogP contribution in [0.1, 0.15) is 16.7 Å². The van der Waals surface area contributed by atoms with Gasteiger partial charge in [-0.1, -0.05) is 59.7 Å². The summed E-state index contributed by atoms with van der Waals surface area (Å²) in [6.45, 7) is 4.97. The van der Waals surface area contributed by atoms with Crippen molar-refractivity contribution in [3.63, 3.8) is 0 Å². The van der Waals surface area contributed by atoms with Gasteiger partial charge in [-0.25, -0.2) is 9.97 Å². The summed E-state index contributed by atoms with van der Waals surface area (Å²) in [5.41, 5.74) is 6.00. The molecule has 3 nitrogen and oxygen atoms in total. The Hall–Kier alpha value is -2.72. The molecular weight excluding hydrogens is 326 g/mol. The number of benzene rings is 2. The van der Waals surface area contributed by atoms with Crippen LogP contribution in [-0.4, -0.2) is 9.97 Å². The smallest absolute Gasteiger partial charge is 0.147 e. The van der Waals surface area contributed by atoms with Gasteiger partial charge in [0, 0.05) is 11.4 Å². The molecule has 4 aromatic rings. The minimum Gasteiger partial charge on any atom is -0.365 e. The highest BCUT2D eigenvalue weighted by molar-refractivity contribution is 7.22. The second kappa shape index (κ2) is 6.65. The summed E-state index contributed by atoms with van der Waals surface area (Å²) in [6.07, 6.45) is 1.63. The van der Waals surface area contributed by atoms with E-state index in [9.17, 15) is 0 Å². The molecule has 2 aromatic carbocycles. The Bertz CT molecular complexity index is 1020. The van der Waals surface area contributed by atoms with E-state index in [2.05, 4.69) is 83.7 Å². The Kier molecular flexibility index (Phi) is 4.20. The summed E-state index contributed by atoms with van der Waals surface area (Å²) in [6, 6.07) is 19.3. The summed E-state index contributed by atoms with van der Waals surface area (Å²) in [4.78, 5) is 10.1. The third kappa shape index (κ3) is 3.39. The Balaban J connectivity index is 1.64. The fourth-order valence-electron chi connectivity index (χ4n) is 2.81. The molecule has 1 N–H and O–H groups in total. The number of rotatable bonds is 4. The Morgan fingerprint density at radius 2 is 1.76 bits per heavy atom. The van der Waals surface area contributed by atoms with Crippen LogP contribution in [-0.2, 0) is 6.54 Å². The molecule has 4 heteroatoms. The molecule has 4 rings (SSSR count). The number of hydrogen-bond acceptors (Lipinski definition) is 4. The molecule has 0 spiro atoms. The van der Waals surface area contributed by atoms with E-state index >= 15 is 0 Å². The van der Waals surface area contributed by atoms with E-state index in [1.165, 1.54) is 27.1 Å². The molecule has 0 aliphatic heterocycles. The van der Waals surface area contributed by atoms with Crippen molar-refractivity contribution >= 4 is 27.4 Å². The van der Waals surface area contributed by atoms with Crippen molar-refractivity contribution in [1.82, 2.24) is 9.97 Å². The number of aromatic nitrogens is 2. The zero-order chi connectivity index (χ0) is 17.2. The van der Waals surface area contributed by atoms with Crippen LogP contribution in [0.15, 0.2) is 60.9 Å². The van der Waals surface area contributed by atoms with Crippen LogP contribution in [0.25, 0.3) is 20.7 Å². The predicted octanol–water partition coefficient (Wildman–Crippen LogP) is 5.59. The molecule has 2 aromatic heterocycles. The second-order valence-electron chi connectivity index (χ2n) is 6.26. The molecule has 0 aliphatic rings. The Morgan fingerprint density at radius 1 is 0.920 bits per heavy atom. The Labute approximate surface area is 151 Å². The minimum absolute atomic E-state index is 0.754. The molecule has 2 heterocycles. The monoisotopic (exact) mass is 345 g/mol. The summed E-state index contributed by atoms with van der Waals surface area (Å²) >= 11 is 1.74. The highest BCUT2D eigenvalue weighted by Crippen LogP contribution is 2.35. The number of anilines is 1. The first-order chi connectivity index (χ1) is 12.2. The summed E-state index contributed by atoms with van der Waals surface area (Å²) in [7, 11) is 0. The molecule has 0 unspecified atom stereocenters. The van der Waals surface area contributed by atoms with Crippen molar-refractivity contribution in [3.8, 4) is 10.4 Å². The lowest BCUT2D eigenvalue weighted by atomic mass is 10.1. The van der Waals surface area contributed by atoms with Crippen LogP contribution in [0.4, 0.5) is 5.82 Å². The first kappa shape index (κ1) is 15.8. The molecule has 0 radical (unpaired) electrons. The highest BCUT2D eigenvalue weighted by Gasteiger charge is 2.10. The maximum Gasteiger partial charge on any atom is 0.147 e. The van der Waals surface area contributed by atoms with Gasteiger partial charge >= 0.3 is 0 Å². The number of nitrogens with one attached hydrogen (secondary N) is 1. The first-order valence-electron chi connectivity index (χ1n) is 8.30. The summed E-state index contributed by atoms with van der Waals surface area (Å²) in [5, 5.41) is 3.46. The fourth-order valence-corrected chi connectivity index (χ4v) is 3.89. The van der Waals surface area contributed by atoms with Gasteiger partial charge in [0.05, 0.1) is 10.2 Å². The topological polar surface area (TPSA) is 37.8 Å². The van der Waals surface area contributed by atoms with Crippen LogP contribution in [0, 0.1) is 13.8 Å². The van der Waals surface area contributed by atoms with E-state index < -0.39 is 0 Å². The van der Waals surface area contributed by atoms with Gasteiger partial charge in [-0.05, 0) is 31.0 Å². The third-order valence-corrected chi connectivity index (χ3v) is 5.37. The Morgan fingerprint density at radius 3 is 2.56 bits per heavy atom. The average molecular weight is 345 g/mol. The van der Waals surface area contributed by atoms with Gasteiger partial charge in [0.1, 0.15) is 12.1 Å². The lowest BCUT2D eigenvalue weighted by molar-refractivity contribution is 1.10. The average Bonchev–Trinajstić information content (AvgIpc) is 3.06. The predicted molar refractivity (Wildman–Crippen MR) is 106 cm³/mol. The van der Waals surface area contributed by atoms with E-state index in [-0.39, 0.29) is 0 Å². The van der Waals surface area contributed by atoms with E-state index in [1.807, 2.05) is 0 Å². The molecule has 0 saturated heterocycles. The minimum atomic E-state index is 0.754. The molecule has 0 aliphatic carbocycles. The second-order valence-corrected chi connectivity index (χ2v) is 7.31. The molecule has 0 atom stereocenters. The quantitative estimate of drug-likeness (QED) is 0.524. The molecule has 124 valence electrons. The molecule has 0 saturated carbocycles. The number of thiophene rings is 1. The van der Waals surface area contributed by atoms with Crippen molar-refractivity contribution in [2.75, 3.05) is 5.32 Å². The van der Waals surface area contributed by atoms with Crippen molar-refractivity contribution in [2.24, 2.45) is 0 Å². The maximum absolute atomic E-state index is 4.45. The van der Waals surface area contributed by atoms with Gasteiger partial charge in [0.25, 0.3) is 0 Å². The van der Waals surface area contributed by atoms with Crippen LogP contribution >= 0.6 is 11.3 Å². The number of aryl methyl sites for hydroxylation is 2. The van der Waals surface area contributed by atoms with E-state index in [0.717, 1.165) is 22.6 Å². The van der Waals surface area contributed by atoms with E-state index in [1.54, 1.807) is 17.7 Å². The van der Waals surface area contributed by atoms with Gasteiger partial charge in [0.2, 0.25) is 0 Å². The van der Waals surface area contributed by atoms with Crippen molar-refractivity contribution < 1.29 is 0 Å². The van der Waals surface area contributed by atoms with Gasteiger partial charge in [-0.15, -0.1) is 11.3 Å². The fraction of sp³-hybridized carbons (Fsp3) is 0.143. The van der Waals surface area contributed by atoms with Gasteiger partial charge in [-0.3, -0.25) is 0 Å². The van der Waals surface area contributed by atoms with Gasteiger partial charge in [0.15, 0.2) is 0 Å². The molecule has 0 amide bonds. The van der Waals surface area contributed by atoms with Crippen LogP contribution in [0.3, 0.4) is 0 Å². The maximum atomic E-state index is 4.45.